The molecule has 2 fully saturated rings. The van der Waals surface area contributed by atoms with Gasteiger partial charge in [-0.15, -0.1) is 0 Å². The second-order valence-corrected chi connectivity index (χ2v) is 5.20. The van der Waals surface area contributed by atoms with E-state index in [0.717, 1.165) is 32.2 Å². The predicted molar refractivity (Wildman–Crippen MR) is 62.8 cm³/mol. The zero-order valence-electron chi connectivity index (χ0n) is 10.2. The van der Waals surface area contributed by atoms with E-state index in [1.165, 1.54) is 19.3 Å². The van der Waals surface area contributed by atoms with Crippen molar-refractivity contribution in [1.82, 2.24) is 5.43 Å². The minimum atomic E-state index is 0.399. The first-order valence-electron chi connectivity index (χ1n) is 6.45. The molecule has 4 heteroatoms. The molecule has 2 aliphatic heterocycles. The molecule has 2 saturated heterocycles. The molecule has 2 aliphatic rings. The number of rotatable bonds is 4. The molecule has 0 bridgehead atoms. The SMILES string of the molecule is CC1CC(C(CC2CCOCC2)NN)CO1. The molecule has 0 aromatic heterocycles. The summed E-state index contributed by atoms with van der Waals surface area (Å²) < 4.78 is 11.0. The summed E-state index contributed by atoms with van der Waals surface area (Å²) in [7, 11) is 0. The van der Waals surface area contributed by atoms with Crippen molar-refractivity contribution in [2.24, 2.45) is 17.7 Å². The van der Waals surface area contributed by atoms with E-state index in [1.807, 2.05) is 0 Å². The first-order valence-corrected chi connectivity index (χ1v) is 6.45. The van der Waals surface area contributed by atoms with Gasteiger partial charge in [-0.05, 0) is 38.5 Å². The fourth-order valence-corrected chi connectivity index (χ4v) is 2.87. The van der Waals surface area contributed by atoms with Crippen LogP contribution in [0.15, 0.2) is 0 Å². The minimum Gasteiger partial charge on any atom is -0.381 e. The zero-order chi connectivity index (χ0) is 11.4. The maximum Gasteiger partial charge on any atom is 0.0551 e. The Labute approximate surface area is 97.8 Å². The topological polar surface area (TPSA) is 56.5 Å². The molecule has 4 nitrogen and oxygen atoms in total. The Balaban J connectivity index is 1.80. The fraction of sp³-hybridized carbons (Fsp3) is 1.00. The molecule has 0 aliphatic carbocycles. The van der Waals surface area contributed by atoms with Gasteiger partial charge in [-0.2, -0.15) is 0 Å². The minimum absolute atomic E-state index is 0.399. The smallest absolute Gasteiger partial charge is 0.0551 e. The third-order valence-corrected chi connectivity index (χ3v) is 3.94. The zero-order valence-corrected chi connectivity index (χ0v) is 10.2. The van der Waals surface area contributed by atoms with E-state index in [0.29, 0.717) is 18.1 Å². The van der Waals surface area contributed by atoms with E-state index in [1.54, 1.807) is 0 Å². The number of hydrogen-bond acceptors (Lipinski definition) is 4. The van der Waals surface area contributed by atoms with Gasteiger partial charge in [0.25, 0.3) is 0 Å². The summed E-state index contributed by atoms with van der Waals surface area (Å²) in [6, 6.07) is 0.410. The molecule has 94 valence electrons. The van der Waals surface area contributed by atoms with Gasteiger partial charge >= 0.3 is 0 Å². The van der Waals surface area contributed by atoms with Crippen molar-refractivity contribution in [3.05, 3.63) is 0 Å². The molecule has 16 heavy (non-hydrogen) atoms. The molecule has 2 rings (SSSR count). The van der Waals surface area contributed by atoms with Gasteiger partial charge < -0.3 is 9.47 Å². The van der Waals surface area contributed by atoms with Crippen molar-refractivity contribution < 1.29 is 9.47 Å². The maximum atomic E-state index is 5.68. The second-order valence-electron chi connectivity index (χ2n) is 5.20. The van der Waals surface area contributed by atoms with Crippen molar-refractivity contribution >= 4 is 0 Å². The van der Waals surface area contributed by atoms with Gasteiger partial charge in [0.05, 0.1) is 12.7 Å². The highest BCUT2D eigenvalue weighted by Crippen LogP contribution is 2.28. The van der Waals surface area contributed by atoms with Crippen LogP contribution in [0, 0.1) is 11.8 Å². The van der Waals surface area contributed by atoms with Gasteiger partial charge in [0.15, 0.2) is 0 Å². The Morgan fingerprint density at radius 2 is 2.12 bits per heavy atom. The summed E-state index contributed by atoms with van der Waals surface area (Å²) >= 11 is 0. The Kier molecular flexibility index (Phi) is 4.58. The van der Waals surface area contributed by atoms with E-state index >= 15 is 0 Å². The fourth-order valence-electron chi connectivity index (χ4n) is 2.87. The average molecular weight is 228 g/mol. The first-order chi connectivity index (χ1) is 7.79. The van der Waals surface area contributed by atoms with E-state index in [9.17, 15) is 0 Å². The van der Waals surface area contributed by atoms with Crippen molar-refractivity contribution in [3.63, 3.8) is 0 Å². The molecular formula is C12H24N2O2. The lowest BCUT2D eigenvalue weighted by Gasteiger charge is -2.29. The molecule has 0 radical (unpaired) electrons. The van der Waals surface area contributed by atoms with Crippen LogP contribution >= 0.6 is 0 Å². The van der Waals surface area contributed by atoms with E-state index in [-0.39, 0.29) is 0 Å². The molecule has 3 unspecified atom stereocenters. The highest BCUT2D eigenvalue weighted by Gasteiger charge is 2.31. The quantitative estimate of drug-likeness (QED) is 0.558. The maximum absolute atomic E-state index is 5.68. The van der Waals surface area contributed by atoms with Crippen LogP contribution in [-0.2, 0) is 9.47 Å². The van der Waals surface area contributed by atoms with Crippen LogP contribution in [0.4, 0.5) is 0 Å². The molecule has 0 amide bonds. The van der Waals surface area contributed by atoms with Gasteiger partial charge in [-0.25, -0.2) is 0 Å². The lowest BCUT2D eigenvalue weighted by Crippen LogP contribution is -2.43. The average Bonchev–Trinajstić information content (AvgIpc) is 2.74. The van der Waals surface area contributed by atoms with Gasteiger partial charge in [-0.3, -0.25) is 11.3 Å². The van der Waals surface area contributed by atoms with Gasteiger partial charge in [-0.1, -0.05) is 0 Å². The molecule has 3 N–H and O–H groups in total. The first kappa shape index (κ1) is 12.3. The normalized spacial score (nSPS) is 34.1. The van der Waals surface area contributed by atoms with Crippen LogP contribution in [0.3, 0.4) is 0 Å². The van der Waals surface area contributed by atoms with E-state index < -0.39 is 0 Å². The Morgan fingerprint density at radius 3 is 2.69 bits per heavy atom. The largest absolute Gasteiger partial charge is 0.381 e. The summed E-state index contributed by atoms with van der Waals surface area (Å²) in [4.78, 5) is 0. The molecule has 3 atom stereocenters. The summed E-state index contributed by atoms with van der Waals surface area (Å²) in [5.41, 5.74) is 2.99. The van der Waals surface area contributed by atoms with Crippen LogP contribution in [0.2, 0.25) is 0 Å². The number of nitrogens with one attached hydrogen (secondary N) is 1. The Bertz CT molecular complexity index is 207. The highest BCUT2D eigenvalue weighted by atomic mass is 16.5. The summed E-state index contributed by atoms with van der Waals surface area (Å²) in [6.07, 6.45) is 5.07. The third-order valence-electron chi connectivity index (χ3n) is 3.94. The van der Waals surface area contributed by atoms with Crippen LogP contribution in [-0.4, -0.2) is 32.0 Å². The van der Waals surface area contributed by atoms with Gasteiger partial charge in [0.1, 0.15) is 0 Å². The Morgan fingerprint density at radius 1 is 1.38 bits per heavy atom. The molecule has 2 heterocycles. The summed E-state index contributed by atoms with van der Waals surface area (Å²) in [6.45, 7) is 4.83. The van der Waals surface area contributed by atoms with Crippen LogP contribution < -0.4 is 11.3 Å². The summed E-state index contributed by atoms with van der Waals surface area (Å²) in [5, 5.41) is 0. The van der Waals surface area contributed by atoms with Crippen LogP contribution in [0.1, 0.15) is 32.6 Å². The highest BCUT2D eigenvalue weighted by molar-refractivity contribution is 4.83. The number of nitrogens with two attached hydrogens (primary N) is 1. The van der Waals surface area contributed by atoms with Crippen molar-refractivity contribution in [2.45, 2.75) is 44.8 Å². The molecular weight excluding hydrogens is 204 g/mol. The predicted octanol–water partition coefficient (Wildman–Crippen LogP) is 1.06. The molecule has 0 spiro atoms. The number of hydrazine groups is 1. The molecule has 0 aromatic rings. The van der Waals surface area contributed by atoms with Gasteiger partial charge in [0.2, 0.25) is 0 Å². The molecule has 0 saturated carbocycles. The van der Waals surface area contributed by atoms with Crippen molar-refractivity contribution in [2.75, 3.05) is 19.8 Å². The monoisotopic (exact) mass is 228 g/mol. The number of hydrogen-bond donors (Lipinski definition) is 2. The summed E-state index contributed by atoms with van der Waals surface area (Å²) in [5.74, 6) is 7.03. The van der Waals surface area contributed by atoms with Crippen LogP contribution in [0.5, 0.6) is 0 Å². The third kappa shape index (κ3) is 3.17. The molecule has 0 aromatic carbocycles. The van der Waals surface area contributed by atoms with Crippen molar-refractivity contribution in [3.8, 4) is 0 Å². The lowest BCUT2D eigenvalue weighted by atomic mass is 9.86. The van der Waals surface area contributed by atoms with Gasteiger partial charge in [0, 0.05) is 25.2 Å². The lowest BCUT2D eigenvalue weighted by molar-refractivity contribution is 0.0568. The number of ether oxygens (including phenoxy) is 2. The standard InChI is InChI=1S/C12H24N2O2/c1-9-6-11(8-16-9)12(14-13)7-10-2-4-15-5-3-10/h9-12,14H,2-8,13H2,1H3. The van der Waals surface area contributed by atoms with Crippen molar-refractivity contribution in [1.29, 1.82) is 0 Å². The Hall–Kier alpha value is -0.160. The van der Waals surface area contributed by atoms with Crippen LogP contribution in [0.25, 0.3) is 0 Å². The second kappa shape index (κ2) is 5.96. The van der Waals surface area contributed by atoms with E-state index in [2.05, 4.69) is 12.3 Å². The van der Waals surface area contributed by atoms with E-state index in [4.69, 9.17) is 15.3 Å².